The van der Waals surface area contributed by atoms with Gasteiger partial charge in [-0.25, -0.2) is 4.68 Å². The lowest BCUT2D eigenvalue weighted by molar-refractivity contribution is -0.134. The van der Waals surface area contributed by atoms with E-state index in [4.69, 9.17) is 22.1 Å². The van der Waals surface area contributed by atoms with E-state index in [1.54, 1.807) is 6.07 Å². The third kappa shape index (κ3) is 3.51. The molecule has 7 nitrogen and oxygen atoms in total. The predicted octanol–water partition coefficient (Wildman–Crippen LogP) is 2.15. The van der Waals surface area contributed by atoms with Crippen molar-refractivity contribution in [1.29, 1.82) is 0 Å². The van der Waals surface area contributed by atoms with Gasteiger partial charge in [-0.05, 0) is 31.0 Å². The Labute approximate surface area is 162 Å². The van der Waals surface area contributed by atoms with Crippen molar-refractivity contribution in [3.05, 3.63) is 40.7 Å². The normalized spacial score (nSPS) is 21.7. The number of piperidine rings is 1. The van der Waals surface area contributed by atoms with E-state index < -0.39 is 0 Å². The van der Waals surface area contributed by atoms with Crippen LogP contribution in [0.25, 0.3) is 0 Å². The van der Waals surface area contributed by atoms with Gasteiger partial charge in [0.1, 0.15) is 18.3 Å². The summed E-state index contributed by atoms with van der Waals surface area (Å²) in [5.74, 6) is 0.549. The van der Waals surface area contributed by atoms with Gasteiger partial charge in [0.25, 0.3) is 0 Å². The average Bonchev–Trinajstić information content (AvgIpc) is 3.28. The van der Waals surface area contributed by atoms with Gasteiger partial charge in [0.2, 0.25) is 5.91 Å². The van der Waals surface area contributed by atoms with Gasteiger partial charge in [-0.2, -0.15) is 0 Å². The van der Waals surface area contributed by atoms with Crippen LogP contribution in [0, 0.1) is 0 Å². The van der Waals surface area contributed by atoms with Gasteiger partial charge >= 0.3 is 0 Å². The van der Waals surface area contributed by atoms with Crippen molar-refractivity contribution in [3.8, 4) is 5.75 Å². The fourth-order valence-electron chi connectivity index (χ4n) is 3.57. The Morgan fingerprint density at radius 1 is 1.42 bits per heavy atom. The number of aromatic nitrogens is 3. The molecule has 1 aromatic carbocycles. The maximum Gasteiger partial charge on any atom is 0.233 e. The minimum atomic E-state index is -0.289. The Hall–Kier alpha value is -1.83. The first-order chi connectivity index (χ1) is 12.2. The second-order valence-corrected chi connectivity index (χ2v) is 6.96. The van der Waals surface area contributed by atoms with Crippen LogP contribution in [0.1, 0.15) is 36.1 Å². The van der Waals surface area contributed by atoms with E-state index in [1.807, 2.05) is 27.9 Å². The highest BCUT2D eigenvalue weighted by Gasteiger charge is 2.36. The van der Waals surface area contributed by atoms with Crippen molar-refractivity contribution in [1.82, 2.24) is 19.9 Å². The first-order valence-electron chi connectivity index (χ1n) is 8.47. The van der Waals surface area contributed by atoms with Gasteiger partial charge in [-0.3, -0.25) is 4.79 Å². The molecule has 1 amide bonds. The number of carbonyl (C=O) groups excluding carboxylic acids is 1. The molecule has 2 aliphatic heterocycles. The Balaban J connectivity index is 0.00000196. The molecule has 2 aliphatic rings. The third-order valence-electron chi connectivity index (χ3n) is 4.90. The van der Waals surface area contributed by atoms with Crippen molar-refractivity contribution < 1.29 is 9.53 Å². The zero-order chi connectivity index (χ0) is 17.4. The molecule has 9 heteroatoms. The number of halogens is 2. The largest absolute Gasteiger partial charge is 0.492 e. The fraction of sp³-hybridized carbons (Fsp3) is 0.471. The quantitative estimate of drug-likeness (QED) is 0.856. The summed E-state index contributed by atoms with van der Waals surface area (Å²) in [4.78, 5) is 15.0. The van der Waals surface area contributed by atoms with E-state index >= 15 is 0 Å². The zero-order valence-corrected chi connectivity index (χ0v) is 15.7. The van der Waals surface area contributed by atoms with Gasteiger partial charge in [-0.15, -0.1) is 17.5 Å². The predicted molar refractivity (Wildman–Crippen MR) is 99.7 cm³/mol. The molecule has 1 fully saturated rings. The van der Waals surface area contributed by atoms with Crippen LogP contribution in [0.15, 0.2) is 24.4 Å². The molecule has 2 aromatic rings. The van der Waals surface area contributed by atoms with Gasteiger partial charge in [0.15, 0.2) is 0 Å². The molecule has 0 saturated carbocycles. The number of amides is 1. The molecule has 26 heavy (non-hydrogen) atoms. The minimum absolute atomic E-state index is 0. The number of rotatable bonds is 3. The topological polar surface area (TPSA) is 86.3 Å². The van der Waals surface area contributed by atoms with Crippen molar-refractivity contribution in [2.75, 3.05) is 19.7 Å². The van der Waals surface area contributed by atoms with E-state index in [0.717, 1.165) is 36.4 Å². The number of hydrogen-bond acceptors (Lipinski definition) is 5. The van der Waals surface area contributed by atoms with Crippen LogP contribution < -0.4 is 10.5 Å². The first kappa shape index (κ1) is 18.9. The third-order valence-corrected chi connectivity index (χ3v) is 5.14. The van der Waals surface area contributed by atoms with Crippen LogP contribution in [0.2, 0.25) is 5.02 Å². The molecule has 1 aromatic heterocycles. The molecule has 0 bridgehead atoms. The van der Waals surface area contributed by atoms with E-state index in [2.05, 4.69) is 10.3 Å². The Morgan fingerprint density at radius 2 is 2.27 bits per heavy atom. The van der Waals surface area contributed by atoms with Crippen LogP contribution >= 0.6 is 24.0 Å². The average molecular weight is 398 g/mol. The number of carbonyl (C=O) groups is 1. The maximum absolute atomic E-state index is 13.1. The number of nitrogens with zero attached hydrogens (tertiary/aromatic N) is 4. The maximum atomic E-state index is 13.1. The summed E-state index contributed by atoms with van der Waals surface area (Å²) in [6.07, 6.45) is 3.78. The number of fused-ring (bicyclic) bond motifs is 1. The number of nitrogens with two attached hydrogens (primary N) is 1. The molecule has 4 rings (SSSR count). The van der Waals surface area contributed by atoms with Gasteiger partial charge in [0, 0.05) is 30.2 Å². The van der Waals surface area contributed by atoms with Gasteiger partial charge in [0.05, 0.1) is 17.9 Å². The van der Waals surface area contributed by atoms with E-state index in [-0.39, 0.29) is 30.3 Å². The van der Waals surface area contributed by atoms with Crippen LogP contribution in [0.5, 0.6) is 5.75 Å². The lowest BCUT2D eigenvalue weighted by atomic mass is 9.97. The molecular formula is C17H21Cl2N5O2. The number of ether oxygens (including phenoxy) is 1. The molecule has 3 heterocycles. The fourth-order valence-corrected chi connectivity index (χ4v) is 3.75. The monoisotopic (exact) mass is 397 g/mol. The highest BCUT2D eigenvalue weighted by atomic mass is 35.5. The summed E-state index contributed by atoms with van der Waals surface area (Å²) in [6, 6.07) is 5.57. The van der Waals surface area contributed by atoms with Crippen molar-refractivity contribution in [3.63, 3.8) is 0 Å². The Bertz CT molecular complexity index is 797. The smallest absolute Gasteiger partial charge is 0.233 e. The summed E-state index contributed by atoms with van der Waals surface area (Å²) >= 11 is 6.09. The lowest BCUT2D eigenvalue weighted by Crippen LogP contribution is -2.43. The van der Waals surface area contributed by atoms with E-state index in [9.17, 15) is 4.79 Å². The number of hydrogen-bond donors (Lipinski definition) is 1. The molecule has 2 atom stereocenters. The molecule has 0 radical (unpaired) electrons. The van der Waals surface area contributed by atoms with Crippen LogP contribution in [-0.2, 0) is 11.3 Å². The molecule has 2 N–H and O–H groups in total. The molecule has 0 aliphatic carbocycles. The molecule has 140 valence electrons. The molecule has 1 saturated heterocycles. The molecule has 0 spiro atoms. The van der Waals surface area contributed by atoms with Gasteiger partial charge < -0.3 is 15.4 Å². The van der Waals surface area contributed by atoms with Crippen molar-refractivity contribution >= 4 is 29.9 Å². The zero-order valence-electron chi connectivity index (χ0n) is 14.2. The van der Waals surface area contributed by atoms with E-state index in [0.29, 0.717) is 24.7 Å². The minimum Gasteiger partial charge on any atom is -0.492 e. The summed E-state index contributed by atoms with van der Waals surface area (Å²) in [6.45, 7) is 2.11. The summed E-state index contributed by atoms with van der Waals surface area (Å²) in [7, 11) is 0. The number of likely N-dealkylation sites (tertiary alicyclic amines) is 1. The Kier molecular flexibility index (Phi) is 5.70. The van der Waals surface area contributed by atoms with E-state index in [1.165, 1.54) is 0 Å². The lowest BCUT2D eigenvalue weighted by Gasteiger charge is -2.34. The standard InChI is InChI=1S/C17H20ClN5O2.ClH/c18-11-3-4-16-14(6-11)15(10-25-16)17(24)22-5-1-2-13(9-22)23-8-12(7-19)20-21-23;/h3-4,6,8,13,15H,1-2,5,7,9-10,19H2;1H. The second kappa shape index (κ2) is 7.82. The number of benzene rings is 1. The molecule has 2 unspecified atom stereocenters. The van der Waals surface area contributed by atoms with Crippen LogP contribution in [0.4, 0.5) is 0 Å². The SMILES string of the molecule is Cl.NCc1cn(C2CCCN(C(=O)C3COc4ccc(Cl)cc43)C2)nn1. The summed E-state index contributed by atoms with van der Waals surface area (Å²) in [5.41, 5.74) is 7.24. The van der Waals surface area contributed by atoms with Crippen LogP contribution in [0.3, 0.4) is 0 Å². The van der Waals surface area contributed by atoms with Crippen LogP contribution in [-0.4, -0.2) is 45.5 Å². The summed E-state index contributed by atoms with van der Waals surface area (Å²) < 4.78 is 7.49. The summed E-state index contributed by atoms with van der Waals surface area (Å²) in [5, 5.41) is 8.82. The first-order valence-corrected chi connectivity index (χ1v) is 8.85. The second-order valence-electron chi connectivity index (χ2n) is 6.52. The van der Waals surface area contributed by atoms with Crippen molar-refractivity contribution in [2.24, 2.45) is 5.73 Å². The van der Waals surface area contributed by atoms with Gasteiger partial charge in [-0.1, -0.05) is 16.8 Å². The molecular weight excluding hydrogens is 377 g/mol. The Morgan fingerprint density at radius 3 is 3.04 bits per heavy atom. The highest BCUT2D eigenvalue weighted by molar-refractivity contribution is 6.30. The van der Waals surface area contributed by atoms with Crippen molar-refractivity contribution in [2.45, 2.75) is 31.3 Å². The highest BCUT2D eigenvalue weighted by Crippen LogP contribution is 2.37.